The van der Waals surface area contributed by atoms with E-state index in [4.69, 9.17) is 18.0 Å². The molecule has 1 aromatic heterocycles. The molecule has 2 rings (SSSR count). The van der Waals surface area contributed by atoms with E-state index in [0.29, 0.717) is 18.0 Å². The Morgan fingerprint density at radius 1 is 1.30 bits per heavy atom. The molecule has 0 radical (unpaired) electrons. The molecular formula is C16H20N2OS. The predicted octanol–water partition coefficient (Wildman–Crippen LogP) is 2.98. The van der Waals surface area contributed by atoms with Crippen LogP contribution in [-0.2, 0) is 12.0 Å². The van der Waals surface area contributed by atoms with Gasteiger partial charge in [-0.25, -0.2) is 0 Å². The minimum absolute atomic E-state index is 0.0132. The monoisotopic (exact) mass is 288 g/mol. The van der Waals surface area contributed by atoms with Crippen molar-refractivity contribution in [2.45, 2.75) is 39.2 Å². The van der Waals surface area contributed by atoms with E-state index in [-0.39, 0.29) is 11.0 Å². The third kappa shape index (κ3) is 3.07. The topological polar surface area (TPSA) is 48.0 Å². The summed E-state index contributed by atoms with van der Waals surface area (Å²) in [6, 6.07) is 8.01. The van der Waals surface area contributed by atoms with Crippen LogP contribution in [0.5, 0.6) is 0 Å². The molecule has 0 saturated heterocycles. The molecule has 1 aromatic carbocycles. The lowest BCUT2D eigenvalue weighted by molar-refractivity contribution is 0.591. The van der Waals surface area contributed by atoms with E-state index in [1.807, 2.05) is 24.4 Å². The first kappa shape index (κ1) is 14.7. The van der Waals surface area contributed by atoms with E-state index in [1.54, 1.807) is 4.57 Å². The fourth-order valence-corrected chi connectivity index (χ4v) is 2.25. The summed E-state index contributed by atoms with van der Waals surface area (Å²) in [6.45, 7) is 7.03. The van der Waals surface area contributed by atoms with Crippen LogP contribution in [0.4, 0.5) is 0 Å². The Labute approximate surface area is 124 Å². The van der Waals surface area contributed by atoms with Crippen molar-refractivity contribution in [1.29, 1.82) is 0 Å². The van der Waals surface area contributed by atoms with Crippen LogP contribution in [-0.4, -0.2) is 9.56 Å². The third-order valence-electron chi connectivity index (χ3n) is 3.44. The van der Waals surface area contributed by atoms with E-state index in [1.165, 1.54) is 5.56 Å². The number of hydrogen-bond donors (Lipinski definition) is 1. The van der Waals surface area contributed by atoms with Gasteiger partial charge in [0, 0.05) is 24.5 Å². The number of aromatic nitrogens is 1. The number of aryl methyl sites for hydroxylation is 1. The molecule has 106 valence electrons. The largest absolute Gasteiger partial charge is 0.393 e. The Hall–Kier alpha value is -1.68. The highest BCUT2D eigenvalue weighted by molar-refractivity contribution is 7.80. The van der Waals surface area contributed by atoms with Crippen LogP contribution in [0.25, 0.3) is 10.8 Å². The van der Waals surface area contributed by atoms with Crippen molar-refractivity contribution in [3.8, 4) is 0 Å². The summed E-state index contributed by atoms with van der Waals surface area (Å²) in [7, 11) is 0. The molecule has 2 N–H and O–H groups in total. The third-order valence-corrected chi connectivity index (χ3v) is 3.65. The molecule has 0 bridgehead atoms. The zero-order valence-electron chi connectivity index (χ0n) is 12.1. The summed E-state index contributed by atoms with van der Waals surface area (Å²) in [5.74, 6) is 0. The number of benzene rings is 1. The normalized spacial score (nSPS) is 11.8. The summed E-state index contributed by atoms with van der Waals surface area (Å²) in [5.41, 5.74) is 6.81. The average Bonchev–Trinajstić information content (AvgIpc) is 2.36. The van der Waals surface area contributed by atoms with Gasteiger partial charge in [0.15, 0.2) is 0 Å². The zero-order valence-corrected chi connectivity index (χ0v) is 13.0. The van der Waals surface area contributed by atoms with Crippen LogP contribution in [0.3, 0.4) is 0 Å². The van der Waals surface area contributed by atoms with Gasteiger partial charge in [-0.05, 0) is 28.5 Å². The van der Waals surface area contributed by atoms with E-state index >= 15 is 0 Å². The van der Waals surface area contributed by atoms with E-state index < -0.39 is 0 Å². The minimum atomic E-state index is 0.0132. The van der Waals surface area contributed by atoms with Gasteiger partial charge in [-0.15, -0.1) is 0 Å². The van der Waals surface area contributed by atoms with Crippen molar-refractivity contribution in [2.75, 3.05) is 0 Å². The maximum Gasteiger partial charge on any atom is 0.258 e. The zero-order chi connectivity index (χ0) is 14.9. The molecule has 0 unspecified atom stereocenters. The maximum atomic E-state index is 12.4. The Bertz CT molecular complexity index is 710. The fraction of sp³-hybridized carbons (Fsp3) is 0.375. The van der Waals surface area contributed by atoms with Crippen molar-refractivity contribution < 1.29 is 0 Å². The van der Waals surface area contributed by atoms with E-state index in [0.717, 1.165) is 10.8 Å². The lowest BCUT2D eigenvalue weighted by Gasteiger charge is -2.19. The van der Waals surface area contributed by atoms with Crippen molar-refractivity contribution in [3.63, 3.8) is 0 Å². The highest BCUT2D eigenvalue weighted by Gasteiger charge is 2.14. The van der Waals surface area contributed by atoms with Crippen LogP contribution >= 0.6 is 12.2 Å². The van der Waals surface area contributed by atoms with Crippen molar-refractivity contribution in [3.05, 3.63) is 46.4 Å². The van der Waals surface area contributed by atoms with Crippen LogP contribution < -0.4 is 11.3 Å². The second-order valence-electron chi connectivity index (χ2n) is 6.08. The number of hydrogen-bond acceptors (Lipinski definition) is 2. The summed E-state index contributed by atoms with van der Waals surface area (Å²) >= 11 is 4.85. The van der Waals surface area contributed by atoms with Gasteiger partial charge in [0.05, 0.1) is 4.99 Å². The Balaban J connectivity index is 2.47. The summed E-state index contributed by atoms with van der Waals surface area (Å²) in [5, 5.41) is 1.72. The molecule has 2 aromatic rings. The van der Waals surface area contributed by atoms with Gasteiger partial charge in [-0.2, -0.15) is 0 Å². The molecular weight excluding hydrogens is 268 g/mol. The molecule has 0 spiro atoms. The molecule has 1 heterocycles. The number of pyridine rings is 1. The number of fused-ring (bicyclic) bond motifs is 1. The summed E-state index contributed by atoms with van der Waals surface area (Å²) in [6.07, 6.45) is 2.36. The first-order valence-electron chi connectivity index (χ1n) is 6.71. The Kier molecular flexibility index (Phi) is 3.95. The average molecular weight is 288 g/mol. The lowest BCUT2D eigenvalue weighted by atomic mass is 9.86. The predicted molar refractivity (Wildman–Crippen MR) is 88.3 cm³/mol. The van der Waals surface area contributed by atoms with E-state index in [9.17, 15) is 4.79 Å². The second-order valence-corrected chi connectivity index (χ2v) is 6.61. The molecule has 0 aliphatic carbocycles. The highest BCUT2D eigenvalue weighted by atomic mass is 32.1. The van der Waals surface area contributed by atoms with Crippen LogP contribution in [0.15, 0.2) is 35.3 Å². The molecule has 0 saturated carbocycles. The lowest BCUT2D eigenvalue weighted by Crippen LogP contribution is -2.22. The summed E-state index contributed by atoms with van der Waals surface area (Å²) < 4.78 is 1.66. The number of thiocarbonyl (C=S) groups is 1. The quantitative estimate of drug-likeness (QED) is 0.883. The van der Waals surface area contributed by atoms with E-state index in [2.05, 4.69) is 26.8 Å². The number of nitrogens with two attached hydrogens (primary N) is 1. The smallest absolute Gasteiger partial charge is 0.258 e. The van der Waals surface area contributed by atoms with Gasteiger partial charge < -0.3 is 10.3 Å². The van der Waals surface area contributed by atoms with Gasteiger partial charge in [0.25, 0.3) is 5.56 Å². The highest BCUT2D eigenvalue weighted by Crippen LogP contribution is 2.24. The molecule has 4 heteroatoms. The fourth-order valence-electron chi connectivity index (χ4n) is 2.16. The molecule has 3 nitrogen and oxygen atoms in total. The molecule has 0 aliphatic heterocycles. The summed E-state index contributed by atoms with van der Waals surface area (Å²) in [4.78, 5) is 12.8. The van der Waals surface area contributed by atoms with Crippen LogP contribution in [0, 0.1) is 0 Å². The number of nitrogens with zero attached hydrogens (tertiary/aromatic N) is 1. The van der Waals surface area contributed by atoms with Crippen molar-refractivity contribution in [1.82, 2.24) is 4.57 Å². The first-order chi connectivity index (χ1) is 9.29. The Morgan fingerprint density at radius 2 is 2.00 bits per heavy atom. The molecule has 0 amide bonds. The first-order valence-corrected chi connectivity index (χ1v) is 7.12. The van der Waals surface area contributed by atoms with Gasteiger partial charge in [-0.1, -0.05) is 45.1 Å². The Morgan fingerprint density at radius 3 is 2.60 bits per heavy atom. The van der Waals surface area contributed by atoms with Gasteiger partial charge in [-0.3, -0.25) is 4.79 Å². The molecule has 0 fully saturated rings. The molecule has 0 aliphatic rings. The van der Waals surface area contributed by atoms with Gasteiger partial charge in [0.1, 0.15) is 0 Å². The van der Waals surface area contributed by atoms with Crippen molar-refractivity contribution in [2.24, 2.45) is 5.73 Å². The molecule has 0 atom stereocenters. The maximum absolute atomic E-state index is 12.4. The molecule has 20 heavy (non-hydrogen) atoms. The minimum Gasteiger partial charge on any atom is -0.393 e. The van der Waals surface area contributed by atoms with Crippen molar-refractivity contribution >= 4 is 28.0 Å². The SMILES string of the molecule is CC(C)(C)c1ccc2c(=O)n(CCC(N)=S)ccc2c1. The number of rotatable bonds is 3. The van der Waals surface area contributed by atoms with Gasteiger partial charge >= 0.3 is 0 Å². The van der Waals surface area contributed by atoms with Gasteiger partial charge in [0.2, 0.25) is 0 Å². The standard InChI is InChI=1S/C16H20N2OS/c1-16(2,3)12-4-5-13-11(10-12)6-8-18(15(13)19)9-7-14(17)20/h4-6,8,10H,7,9H2,1-3H3,(H2,17,20). The van der Waals surface area contributed by atoms with Crippen LogP contribution in [0.2, 0.25) is 0 Å². The second kappa shape index (κ2) is 5.37. The van der Waals surface area contributed by atoms with Crippen LogP contribution in [0.1, 0.15) is 32.8 Å².